The molecule has 1 saturated heterocycles. The van der Waals surface area contributed by atoms with Gasteiger partial charge in [0.25, 0.3) is 0 Å². The van der Waals surface area contributed by atoms with Gasteiger partial charge in [0.2, 0.25) is 0 Å². The highest BCUT2D eigenvalue weighted by molar-refractivity contribution is 7.99. The molecule has 1 aromatic heterocycles. The first kappa shape index (κ1) is 13.8. The largest absolute Gasteiger partial charge is 0.310 e. The maximum absolute atomic E-state index is 4.78. The van der Waals surface area contributed by atoms with Gasteiger partial charge in [0.15, 0.2) is 0 Å². The number of nitrogens with one attached hydrogen (secondary N) is 1. The maximum atomic E-state index is 4.78. The molecule has 1 unspecified atom stereocenters. The Hall–Kier alpha value is -0.610. The normalized spacial score (nSPS) is 19.7. The zero-order chi connectivity index (χ0) is 13.0. The molecule has 1 aromatic rings. The molecule has 2 rings (SSSR count). The molecule has 1 N–H and O–H groups in total. The summed E-state index contributed by atoms with van der Waals surface area (Å²) in [6.45, 7) is 7.37. The fourth-order valence-electron chi connectivity index (χ4n) is 2.16. The highest BCUT2D eigenvalue weighted by atomic mass is 32.2. The second-order valence-corrected chi connectivity index (χ2v) is 6.40. The van der Waals surface area contributed by atoms with Gasteiger partial charge in [0.1, 0.15) is 5.82 Å². The van der Waals surface area contributed by atoms with Gasteiger partial charge in [-0.05, 0) is 25.0 Å². The molecule has 1 atom stereocenters. The van der Waals surface area contributed by atoms with Crippen molar-refractivity contribution in [3.8, 4) is 0 Å². The van der Waals surface area contributed by atoms with Crippen molar-refractivity contribution in [3.05, 3.63) is 23.3 Å². The summed E-state index contributed by atoms with van der Waals surface area (Å²) in [6.07, 6.45) is 5.55. The molecule has 0 radical (unpaired) electrons. The number of hydrogen-bond donors (Lipinski definition) is 1. The highest BCUT2D eigenvalue weighted by Gasteiger charge is 2.21. The summed E-state index contributed by atoms with van der Waals surface area (Å²) in [7, 11) is 0. The van der Waals surface area contributed by atoms with Gasteiger partial charge in [-0.2, -0.15) is 11.8 Å². The number of thioether (sulfide) groups is 1. The molecule has 0 amide bonds. The summed E-state index contributed by atoms with van der Waals surface area (Å²) in [5, 5.41) is 3.97. The van der Waals surface area contributed by atoms with Crippen molar-refractivity contribution in [2.75, 3.05) is 5.75 Å². The lowest BCUT2D eigenvalue weighted by Gasteiger charge is -2.13. The average molecular weight is 265 g/mol. The summed E-state index contributed by atoms with van der Waals surface area (Å²) in [5.41, 5.74) is 2.46. The van der Waals surface area contributed by atoms with E-state index in [4.69, 9.17) is 4.98 Å². The van der Waals surface area contributed by atoms with E-state index in [1.807, 2.05) is 18.0 Å². The zero-order valence-electron chi connectivity index (χ0n) is 11.6. The van der Waals surface area contributed by atoms with E-state index in [1.165, 1.54) is 29.9 Å². The van der Waals surface area contributed by atoms with Gasteiger partial charge in [-0.15, -0.1) is 0 Å². The minimum absolute atomic E-state index is 0.500. The van der Waals surface area contributed by atoms with Crippen LogP contribution in [0.25, 0.3) is 0 Å². The minimum Gasteiger partial charge on any atom is -0.310 e. The van der Waals surface area contributed by atoms with E-state index in [1.54, 1.807) is 0 Å². The van der Waals surface area contributed by atoms with Crippen molar-refractivity contribution in [2.24, 2.45) is 0 Å². The van der Waals surface area contributed by atoms with Crippen LogP contribution in [0.3, 0.4) is 0 Å². The molecule has 0 aromatic carbocycles. The van der Waals surface area contributed by atoms with E-state index in [0.717, 1.165) is 18.8 Å². The number of nitrogens with zero attached hydrogens (tertiary/aromatic N) is 2. The van der Waals surface area contributed by atoms with Crippen LogP contribution in [0.1, 0.15) is 55.9 Å². The first-order chi connectivity index (χ1) is 8.70. The first-order valence-electron chi connectivity index (χ1n) is 6.90. The van der Waals surface area contributed by atoms with Crippen LogP contribution in [-0.4, -0.2) is 21.8 Å². The lowest BCUT2D eigenvalue weighted by molar-refractivity contribution is 0.582. The molecule has 1 fully saturated rings. The summed E-state index contributed by atoms with van der Waals surface area (Å²) in [4.78, 5) is 9.35. The van der Waals surface area contributed by atoms with Gasteiger partial charge >= 0.3 is 0 Å². The Morgan fingerprint density at radius 1 is 1.50 bits per heavy atom. The van der Waals surface area contributed by atoms with E-state index < -0.39 is 0 Å². The van der Waals surface area contributed by atoms with Crippen LogP contribution in [0.2, 0.25) is 0 Å². The van der Waals surface area contributed by atoms with Crippen LogP contribution in [0.5, 0.6) is 0 Å². The molecule has 0 aliphatic carbocycles. The molecular formula is C14H23N3S. The lowest BCUT2D eigenvalue weighted by Crippen LogP contribution is -2.23. The predicted molar refractivity (Wildman–Crippen MR) is 77.8 cm³/mol. The van der Waals surface area contributed by atoms with Crippen molar-refractivity contribution in [1.82, 2.24) is 15.3 Å². The summed E-state index contributed by atoms with van der Waals surface area (Å²) < 4.78 is 0. The van der Waals surface area contributed by atoms with Gasteiger partial charge in [-0.1, -0.05) is 20.8 Å². The predicted octanol–water partition coefficient (Wildman–Crippen LogP) is 3.11. The zero-order valence-corrected chi connectivity index (χ0v) is 12.4. The van der Waals surface area contributed by atoms with Crippen LogP contribution in [-0.2, 0) is 13.0 Å². The second-order valence-electron chi connectivity index (χ2n) is 5.09. The second kappa shape index (κ2) is 6.53. The summed E-state index contributed by atoms with van der Waals surface area (Å²) in [5.74, 6) is 2.30. The first-order valence-corrected chi connectivity index (χ1v) is 7.95. The monoisotopic (exact) mass is 265 g/mol. The fraction of sp³-hybridized carbons (Fsp3) is 0.714. The van der Waals surface area contributed by atoms with Crippen molar-refractivity contribution in [2.45, 2.75) is 57.9 Å². The third-order valence-electron chi connectivity index (χ3n) is 3.23. The van der Waals surface area contributed by atoms with Gasteiger partial charge < -0.3 is 5.32 Å². The number of rotatable bonds is 5. The molecule has 1 aliphatic rings. The molecule has 100 valence electrons. The lowest BCUT2D eigenvalue weighted by atomic mass is 10.1. The number of hydrogen-bond acceptors (Lipinski definition) is 4. The Kier molecular flexibility index (Phi) is 5.01. The molecule has 4 heteroatoms. The van der Waals surface area contributed by atoms with Crippen molar-refractivity contribution >= 4 is 11.8 Å². The Balaban J connectivity index is 2.11. The molecule has 1 aliphatic heterocycles. The highest BCUT2D eigenvalue weighted by Crippen LogP contribution is 2.38. The van der Waals surface area contributed by atoms with Crippen LogP contribution in [0.4, 0.5) is 0 Å². The van der Waals surface area contributed by atoms with E-state index >= 15 is 0 Å². The summed E-state index contributed by atoms with van der Waals surface area (Å²) in [6, 6.07) is 0.500. The van der Waals surface area contributed by atoms with Gasteiger partial charge in [0.05, 0.1) is 5.25 Å². The third kappa shape index (κ3) is 3.45. The Morgan fingerprint density at radius 3 is 2.94 bits per heavy atom. The van der Waals surface area contributed by atoms with E-state index in [-0.39, 0.29) is 0 Å². The Bertz CT molecular complexity index is 387. The Morgan fingerprint density at radius 2 is 2.33 bits per heavy atom. The van der Waals surface area contributed by atoms with E-state index in [9.17, 15) is 0 Å². The van der Waals surface area contributed by atoms with Gasteiger partial charge in [-0.3, -0.25) is 0 Å². The van der Waals surface area contributed by atoms with Crippen molar-refractivity contribution in [3.63, 3.8) is 0 Å². The Labute approximate surface area is 114 Å². The number of aryl methyl sites for hydroxylation is 1. The topological polar surface area (TPSA) is 37.8 Å². The number of aromatic nitrogens is 2. The molecular weight excluding hydrogens is 242 g/mol. The summed E-state index contributed by atoms with van der Waals surface area (Å²) >= 11 is 2.00. The van der Waals surface area contributed by atoms with Crippen LogP contribution in [0, 0.1) is 0 Å². The minimum atomic E-state index is 0.500. The molecule has 0 spiro atoms. The van der Waals surface area contributed by atoms with Crippen LogP contribution in [0.15, 0.2) is 6.20 Å². The smallest absolute Gasteiger partial charge is 0.141 e. The van der Waals surface area contributed by atoms with Gasteiger partial charge in [0, 0.05) is 30.0 Å². The molecule has 3 nitrogen and oxygen atoms in total. The van der Waals surface area contributed by atoms with E-state index in [0.29, 0.717) is 11.3 Å². The maximum Gasteiger partial charge on any atom is 0.141 e. The molecule has 18 heavy (non-hydrogen) atoms. The van der Waals surface area contributed by atoms with Crippen molar-refractivity contribution < 1.29 is 0 Å². The average Bonchev–Trinajstić information content (AvgIpc) is 2.90. The van der Waals surface area contributed by atoms with Crippen LogP contribution >= 0.6 is 11.8 Å². The SMILES string of the molecule is CCc1nc(C2CCCS2)ncc1CNC(C)C. The van der Waals surface area contributed by atoms with Gasteiger partial charge in [-0.25, -0.2) is 9.97 Å². The van der Waals surface area contributed by atoms with E-state index in [2.05, 4.69) is 31.1 Å². The fourth-order valence-corrected chi connectivity index (χ4v) is 3.38. The molecule has 2 heterocycles. The quantitative estimate of drug-likeness (QED) is 0.887. The third-order valence-corrected chi connectivity index (χ3v) is 4.60. The van der Waals surface area contributed by atoms with Crippen LogP contribution < -0.4 is 5.32 Å². The molecule has 0 saturated carbocycles. The van der Waals surface area contributed by atoms with Crippen molar-refractivity contribution in [1.29, 1.82) is 0 Å². The standard InChI is InChI=1S/C14H23N3S/c1-4-12-11(8-15-10(2)3)9-16-14(17-12)13-6-5-7-18-13/h9-10,13,15H,4-8H2,1-3H3. The molecule has 0 bridgehead atoms.